The molecule has 21 heavy (non-hydrogen) atoms. The van der Waals surface area contributed by atoms with Crippen molar-refractivity contribution >= 4 is 11.9 Å². The summed E-state index contributed by atoms with van der Waals surface area (Å²) in [5, 5.41) is 12.3. The highest BCUT2D eigenvalue weighted by Crippen LogP contribution is 2.42. The summed E-state index contributed by atoms with van der Waals surface area (Å²) in [6.07, 6.45) is 5.80. The van der Waals surface area contributed by atoms with Crippen LogP contribution in [-0.2, 0) is 9.59 Å². The van der Waals surface area contributed by atoms with Crippen LogP contribution in [-0.4, -0.2) is 23.5 Å². The molecular weight excluding hydrogens is 266 g/mol. The Morgan fingerprint density at radius 2 is 1.71 bits per heavy atom. The molecule has 0 saturated heterocycles. The molecule has 0 spiro atoms. The Labute approximate surface area is 128 Å². The number of hydrogen-bond donors (Lipinski definition) is 2. The third kappa shape index (κ3) is 5.01. The van der Waals surface area contributed by atoms with E-state index in [1.54, 1.807) is 20.8 Å². The highest BCUT2D eigenvalue weighted by molar-refractivity contribution is 5.97. The average molecular weight is 297 g/mol. The quantitative estimate of drug-likeness (QED) is 0.738. The summed E-state index contributed by atoms with van der Waals surface area (Å²) in [6.45, 7) is 10.4. The summed E-state index contributed by atoms with van der Waals surface area (Å²) in [4.78, 5) is 23.7. The Kier molecular flexibility index (Phi) is 5.83. The van der Waals surface area contributed by atoms with Crippen molar-refractivity contribution in [1.29, 1.82) is 0 Å². The van der Waals surface area contributed by atoms with Gasteiger partial charge in [0.2, 0.25) is 5.91 Å². The first-order valence-electron chi connectivity index (χ1n) is 8.08. The van der Waals surface area contributed by atoms with E-state index >= 15 is 0 Å². The monoisotopic (exact) mass is 297 g/mol. The van der Waals surface area contributed by atoms with Crippen molar-refractivity contribution in [3.63, 3.8) is 0 Å². The molecule has 1 atom stereocenters. The van der Waals surface area contributed by atoms with E-state index in [1.807, 2.05) is 0 Å². The van der Waals surface area contributed by atoms with Crippen molar-refractivity contribution in [2.45, 2.75) is 66.7 Å². The number of carboxylic acid groups (broad SMARTS) is 1. The number of aliphatic carboxylic acids is 1. The summed E-state index contributed by atoms with van der Waals surface area (Å²) < 4.78 is 0. The van der Waals surface area contributed by atoms with E-state index in [1.165, 1.54) is 12.8 Å². The molecular formula is C17H31NO3. The van der Waals surface area contributed by atoms with E-state index in [4.69, 9.17) is 0 Å². The second kappa shape index (κ2) is 6.80. The summed E-state index contributed by atoms with van der Waals surface area (Å²) in [5.41, 5.74) is -0.401. The van der Waals surface area contributed by atoms with Gasteiger partial charge in [0.05, 0.1) is 0 Å². The lowest BCUT2D eigenvalue weighted by Gasteiger charge is -2.33. The van der Waals surface area contributed by atoms with Crippen molar-refractivity contribution in [2.24, 2.45) is 22.7 Å². The van der Waals surface area contributed by atoms with Gasteiger partial charge in [0.15, 0.2) is 0 Å². The predicted octanol–water partition coefficient (Wildman–Crippen LogP) is 3.46. The molecule has 0 heterocycles. The zero-order valence-corrected chi connectivity index (χ0v) is 14.2. The molecule has 1 amide bonds. The van der Waals surface area contributed by atoms with Crippen molar-refractivity contribution in [3.8, 4) is 0 Å². The van der Waals surface area contributed by atoms with Crippen LogP contribution >= 0.6 is 0 Å². The Morgan fingerprint density at radius 3 is 2.10 bits per heavy atom. The minimum atomic E-state index is -1.04. The molecule has 0 aliphatic heterocycles. The molecule has 0 aromatic heterocycles. The standard InChI is InChI=1S/C17H31NO3/c1-12(2)10-17(8-6-7-9-17)11-18-14(19)13(15(20)21)16(3,4)5/h12-13H,6-11H2,1-5H3,(H,18,19)(H,20,21). The average Bonchev–Trinajstić information content (AvgIpc) is 2.72. The third-order valence-corrected chi connectivity index (χ3v) is 4.52. The minimum Gasteiger partial charge on any atom is -0.481 e. The van der Waals surface area contributed by atoms with Crippen LogP contribution in [0.3, 0.4) is 0 Å². The molecule has 1 rings (SSSR count). The largest absolute Gasteiger partial charge is 0.481 e. The van der Waals surface area contributed by atoms with Gasteiger partial charge in [0, 0.05) is 6.54 Å². The number of hydrogen-bond acceptors (Lipinski definition) is 2. The smallest absolute Gasteiger partial charge is 0.316 e. The molecule has 0 aromatic carbocycles. The second-order valence-corrected chi connectivity index (χ2v) is 8.16. The van der Waals surface area contributed by atoms with Gasteiger partial charge in [-0.05, 0) is 36.0 Å². The van der Waals surface area contributed by atoms with Gasteiger partial charge >= 0.3 is 5.97 Å². The van der Waals surface area contributed by atoms with Gasteiger partial charge in [-0.15, -0.1) is 0 Å². The normalized spacial score (nSPS) is 19.5. The van der Waals surface area contributed by atoms with Gasteiger partial charge in [-0.3, -0.25) is 9.59 Å². The lowest BCUT2D eigenvalue weighted by molar-refractivity contribution is -0.151. The fourth-order valence-corrected chi connectivity index (χ4v) is 3.70. The fourth-order valence-electron chi connectivity index (χ4n) is 3.70. The van der Waals surface area contributed by atoms with Crippen LogP contribution < -0.4 is 5.32 Å². The fraction of sp³-hybridized carbons (Fsp3) is 0.882. The summed E-state index contributed by atoms with van der Waals surface area (Å²) >= 11 is 0. The molecule has 4 heteroatoms. The first-order valence-corrected chi connectivity index (χ1v) is 8.08. The molecule has 1 unspecified atom stereocenters. The first kappa shape index (κ1) is 18.0. The molecule has 122 valence electrons. The Hall–Kier alpha value is -1.06. The predicted molar refractivity (Wildman–Crippen MR) is 83.9 cm³/mol. The van der Waals surface area contributed by atoms with Crippen LogP contribution in [0.1, 0.15) is 66.7 Å². The van der Waals surface area contributed by atoms with Gasteiger partial charge in [-0.1, -0.05) is 47.5 Å². The molecule has 2 N–H and O–H groups in total. The lowest BCUT2D eigenvalue weighted by atomic mass is 9.77. The highest BCUT2D eigenvalue weighted by atomic mass is 16.4. The maximum absolute atomic E-state index is 12.3. The van der Waals surface area contributed by atoms with Gasteiger partial charge in [-0.25, -0.2) is 0 Å². The molecule has 1 aliphatic carbocycles. The maximum atomic E-state index is 12.3. The molecule has 0 aromatic rings. The number of rotatable bonds is 6. The number of carbonyl (C=O) groups excluding carboxylic acids is 1. The number of carboxylic acids is 1. The van der Waals surface area contributed by atoms with Crippen LogP contribution in [0.4, 0.5) is 0 Å². The summed E-state index contributed by atoms with van der Waals surface area (Å²) in [6, 6.07) is 0. The van der Waals surface area contributed by atoms with E-state index in [-0.39, 0.29) is 11.3 Å². The van der Waals surface area contributed by atoms with E-state index in [0.717, 1.165) is 19.3 Å². The van der Waals surface area contributed by atoms with Crippen molar-refractivity contribution in [3.05, 3.63) is 0 Å². The van der Waals surface area contributed by atoms with Gasteiger partial charge in [0.1, 0.15) is 5.92 Å². The van der Waals surface area contributed by atoms with E-state index in [0.29, 0.717) is 12.5 Å². The Morgan fingerprint density at radius 1 is 1.19 bits per heavy atom. The summed E-state index contributed by atoms with van der Waals surface area (Å²) in [5.74, 6) is -1.78. The lowest BCUT2D eigenvalue weighted by Crippen LogP contribution is -2.46. The number of amides is 1. The molecule has 0 radical (unpaired) electrons. The van der Waals surface area contributed by atoms with Crippen LogP contribution in [0.5, 0.6) is 0 Å². The maximum Gasteiger partial charge on any atom is 0.316 e. The highest BCUT2D eigenvalue weighted by Gasteiger charge is 2.40. The van der Waals surface area contributed by atoms with Crippen LogP contribution in [0.25, 0.3) is 0 Å². The topological polar surface area (TPSA) is 66.4 Å². The second-order valence-electron chi connectivity index (χ2n) is 8.16. The number of nitrogens with one attached hydrogen (secondary N) is 1. The Bertz CT molecular complexity index is 376. The van der Waals surface area contributed by atoms with Gasteiger partial charge < -0.3 is 10.4 Å². The first-order chi connectivity index (χ1) is 9.57. The molecule has 1 aliphatic rings. The molecule has 0 bridgehead atoms. The van der Waals surface area contributed by atoms with E-state index in [2.05, 4.69) is 19.2 Å². The van der Waals surface area contributed by atoms with Gasteiger partial charge in [-0.2, -0.15) is 0 Å². The van der Waals surface area contributed by atoms with E-state index < -0.39 is 17.3 Å². The van der Waals surface area contributed by atoms with Crippen LogP contribution in [0.2, 0.25) is 0 Å². The van der Waals surface area contributed by atoms with Gasteiger partial charge in [0.25, 0.3) is 0 Å². The summed E-state index contributed by atoms with van der Waals surface area (Å²) in [7, 11) is 0. The third-order valence-electron chi connectivity index (χ3n) is 4.52. The zero-order valence-electron chi connectivity index (χ0n) is 14.2. The zero-order chi connectivity index (χ0) is 16.3. The SMILES string of the molecule is CC(C)CC1(CNC(=O)C(C(=O)O)C(C)(C)C)CCCC1. The van der Waals surface area contributed by atoms with Crippen molar-refractivity contribution < 1.29 is 14.7 Å². The molecule has 1 saturated carbocycles. The molecule has 4 nitrogen and oxygen atoms in total. The van der Waals surface area contributed by atoms with Crippen molar-refractivity contribution in [1.82, 2.24) is 5.32 Å². The van der Waals surface area contributed by atoms with Crippen LogP contribution in [0, 0.1) is 22.7 Å². The molecule has 1 fully saturated rings. The number of carbonyl (C=O) groups is 2. The van der Waals surface area contributed by atoms with Crippen LogP contribution in [0.15, 0.2) is 0 Å². The van der Waals surface area contributed by atoms with E-state index in [9.17, 15) is 14.7 Å². The van der Waals surface area contributed by atoms with Crippen molar-refractivity contribution in [2.75, 3.05) is 6.54 Å². The minimum absolute atomic E-state index is 0.171. The Balaban J connectivity index is 2.71.